The highest BCUT2D eigenvalue weighted by atomic mass is 32.2. The van der Waals surface area contributed by atoms with Crippen molar-refractivity contribution in [3.05, 3.63) is 29.8 Å². The van der Waals surface area contributed by atoms with Gasteiger partial charge in [0.1, 0.15) is 6.29 Å². The van der Waals surface area contributed by atoms with Gasteiger partial charge in [-0.1, -0.05) is 38.5 Å². The maximum Gasteiger partial charge on any atom is 0.276 e. The van der Waals surface area contributed by atoms with Gasteiger partial charge in [0.15, 0.2) is 0 Å². The van der Waals surface area contributed by atoms with E-state index in [2.05, 4.69) is 9.93 Å². The first-order valence-electron chi connectivity index (χ1n) is 7.28. The highest BCUT2D eigenvalue weighted by Crippen LogP contribution is 2.25. The molecule has 0 atom stereocenters. The van der Waals surface area contributed by atoms with Crippen molar-refractivity contribution in [3.8, 4) is 0 Å². The first kappa shape index (κ1) is 18.4. The summed E-state index contributed by atoms with van der Waals surface area (Å²) in [4.78, 5) is 13.1. The average molecular weight is 324 g/mol. The number of carbonyl (C=O) groups excluding carboxylic acids is 1. The lowest BCUT2D eigenvalue weighted by Crippen LogP contribution is -2.23. The molecule has 0 radical (unpaired) electrons. The maximum atomic E-state index is 12.2. The van der Waals surface area contributed by atoms with Crippen LogP contribution in [0.5, 0.6) is 0 Å². The summed E-state index contributed by atoms with van der Waals surface area (Å²) in [6.07, 6.45) is 2.48. The van der Waals surface area contributed by atoms with E-state index in [0.29, 0.717) is 19.3 Å². The first-order valence-corrected chi connectivity index (χ1v) is 8.76. The fourth-order valence-corrected chi connectivity index (χ4v) is 2.84. The van der Waals surface area contributed by atoms with E-state index in [1.54, 1.807) is 24.3 Å². The van der Waals surface area contributed by atoms with Gasteiger partial charge in [-0.15, -0.1) is 0 Å². The van der Waals surface area contributed by atoms with Crippen molar-refractivity contribution in [2.45, 2.75) is 51.9 Å². The second kappa shape index (κ2) is 7.54. The zero-order valence-electron chi connectivity index (χ0n) is 13.6. The summed E-state index contributed by atoms with van der Waals surface area (Å²) in [5.41, 5.74) is 1.49. The number of benzene rings is 1. The van der Waals surface area contributed by atoms with Gasteiger partial charge >= 0.3 is 0 Å². The van der Waals surface area contributed by atoms with E-state index in [0.717, 1.165) is 17.6 Å². The molecule has 1 aromatic rings. The van der Waals surface area contributed by atoms with Gasteiger partial charge in [-0.3, -0.25) is 0 Å². The van der Waals surface area contributed by atoms with Crippen LogP contribution in [0.1, 0.15) is 45.6 Å². The van der Waals surface area contributed by atoms with Gasteiger partial charge in [-0.25, -0.2) is 4.83 Å². The van der Waals surface area contributed by atoms with Crippen LogP contribution in [-0.4, -0.2) is 20.4 Å². The third kappa shape index (κ3) is 5.60. The SMILES string of the molecule is CC/C(CC(C)(C)CC=O)=N\NS(=O)(=O)c1ccc(C)cc1. The van der Waals surface area contributed by atoms with Crippen molar-refractivity contribution in [3.63, 3.8) is 0 Å². The van der Waals surface area contributed by atoms with Crippen LogP contribution in [0.3, 0.4) is 0 Å². The highest BCUT2D eigenvalue weighted by molar-refractivity contribution is 7.89. The van der Waals surface area contributed by atoms with E-state index < -0.39 is 10.0 Å². The van der Waals surface area contributed by atoms with Crippen LogP contribution in [0, 0.1) is 12.3 Å². The summed E-state index contributed by atoms with van der Waals surface area (Å²) in [6, 6.07) is 6.59. The Bertz CT molecular complexity index is 632. The smallest absolute Gasteiger partial charge is 0.276 e. The molecule has 0 saturated carbocycles. The third-order valence-corrected chi connectivity index (χ3v) is 4.61. The van der Waals surface area contributed by atoms with Gasteiger partial charge in [0.05, 0.1) is 4.90 Å². The molecule has 0 fully saturated rings. The van der Waals surface area contributed by atoms with E-state index in [9.17, 15) is 13.2 Å². The molecule has 0 saturated heterocycles. The second-order valence-corrected chi connectivity index (χ2v) is 7.81. The normalized spacial score (nSPS) is 13.0. The fourth-order valence-electron chi connectivity index (χ4n) is 1.99. The summed E-state index contributed by atoms with van der Waals surface area (Å²) in [7, 11) is -3.66. The molecule has 22 heavy (non-hydrogen) atoms. The molecule has 5 nitrogen and oxygen atoms in total. The number of sulfonamides is 1. The Hall–Kier alpha value is -1.69. The van der Waals surface area contributed by atoms with Crippen molar-refractivity contribution in [2.75, 3.05) is 0 Å². The Morgan fingerprint density at radius 2 is 1.86 bits per heavy atom. The zero-order valence-corrected chi connectivity index (χ0v) is 14.4. The summed E-state index contributed by atoms with van der Waals surface area (Å²) >= 11 is 0. The van der Waals surface area contributed by atoms with Crippen LogP contribution in [-0.2, 0) is 14.8 Å². The van der Waals surface area contributed by atoms with E-state index >= 15 is 0 Å². The van der Waals surface area contributed by atoms with Crippen molar-refractivity contribution in [1.29, 1.82) is 0 Å². The first-order chi connectivity index (χ1) is 10.2. The van der Waals surface area contributed by atoms with Gasteiger partial charge < -0.3 is 4.79 Å². The minimum Gasteiger partial charge on any atom is -0.303 e. The summed E-state index contributed by atoms with van der Waals surface area (Å²) in [6.45, 7) is 7.73. The van der Waals surface area contributed by atoms with Gasteiger partial charge in [-0.05, 0) is 37.3 Å². The molecular formula is C16H24N2O3S. The van der Waals surface area contributed by atoms with Gasteiger partial charge in [0, 0.05) is 12.1 Å². The zero-order chi connectivity index (χ0) is 16.8. The lowest BCUT2D eigenvalue weighted by molar-refractivity contribution is -0.109. The summed E-state index contributed by atoms with van der Waals surface area (Å²) < 4.78 is 24.4. The molecule has 0 aliphatic heterocycles. The summed E-state index contributed by atoms with van der Waals surface area (Å²) in [5, 5.41) is 4.04. The minimum absolute atomic E-state index is 0.185. The van der Waals surface area contributed by atoms with Crippen LogP contribution in [0.2, 0.25) is 0 Å². The average Bonchev–Trinajstić information content (AvgIpc) is 2.43. The molecule has 0 aromatic heterocycles. The Labute approximate surface area is 132 Å². The Morgan fingerprint density at radius 3 is 2.36 bits per heavy atom. The lowest BCUT2D eigenvalue weighted by Gasteiger charge is -2.22. The number of rotatable bonds is 8. The monoisotopic (exact) mass is 324 g/mol. The molecule has 0 unspecified atom stereocenters. The standard InChI is InChI=1S/C16H24N2O3S/c1-5-14(12-16(3,4)10-11-19)17-18-22(20,21)15-8-6-13(2)7-9-15/h6-9,11,18H,5,10,12H2,1-4H3/b17-14+. The number of nitrogens with one attached hydrogen (secondary N) is 1. The Kier molecular flexibility index (Phi) is 6.29. The van der Waals surface area contributed by atoms with Crippen LogP contribution in [0.4, 0.5) is 0 Å². The molecule has 122 valence electrons. The molecule has 1 rings (SSSR count). The molecule has 0 aliphatic carbocycles. The Morgan fingerprint density at radius 1 is 1.27 bits per heavy atom. The van der Waals surface area contributed by atoms with Crippen LogP contribution >= 0.6 is 0 Å². The molecular weight excluding hydrogens is 300 g/mol. The third-order valence-electron chi connectivity index (χ3n) is 3.38. The maximum absolute atomic E-state index is 12.2. The molecule has 0 spiro atoms. The number of aldehydes is 1. The van der Waals surface area contributed by atoms with E-state index in [1.807, 2.05) is 27.7 Å². The number of carbonyl (C=O) groups is 1. The lowest BCUT2D eigenvalue weighted by atomic mass is 9.84. The van der Waals surface area contributed by atoms with E-state index in [-0.39, 0.29) is 10.3 Å². The predicted molar refractivity (Wildman–Crippen MR) is 88.3 cm³/mol. The quantitative estimate of drug-likeness (QED) is 0.453. The molecule has 1 aromatic carbocycles. The number of aryl methyl sites for hydroxylation is 1. The topological polar surface area (TPSA) is 75.6 Å². The Balaban J connectivity index is 2.87. The molecule has 1 N–H and O–H groups in total. The van der Waals surface area contributed by atoms with E-state index in [1.165, 1.54) is 0 Å². The minimum atomic E-state index is -3.66. The van der Waals surface area contributed by atoms with Gasteiger partial charge in [-0.2, -0.15) is 13.5 Å². The molecule has 0 bridgehead atoms. The molecule has 0 heterocycles. The second-order valence-electron chi connectivity index (χ2n) is 6.15. The van der Waals surface area contributed by atoms with Gasteiger partial charge in [0.25, 0.3) is 10.0 Å². The molecule has 6 heteroatoms. The van der Waals surface area contributed by atoms with Crippen LogP contribution < -0.4 is 4.83 Å². The fraction of sp³-hybridized carbons (Fsp3) is 0.500. The van der Waals surface area contributed by atoms with Crippen molar-refractivity contribution in [1.82, 2.24) is 4.83 Å². The highest BCUT2D eigenvalue weighted by Gasteiger charge is 2.20. The van der Waals surface area contributed by atoms with Crippen molar-refractivity contribution in [2.24, 2.45) is 10.5 Å². The van der Waals surface area contributed by atoms with Crippen LogP contribution in [0.15, 0.2) is 34.3 Å². The number of nitrogens with zero attached hydrogens (tertiary/aromatic N) is 1. The molecule has 0 aliphatic rings. The number of hydrazone groups is 1. The van der Waals surface area contributed by atoms with E-state index in [4.69, 9.17) is 0 Å². The van der Waals surface area contributed by atoms with Crippen molar-refractivity contribution < 1.29 is 13.2 Å². The number of hydrogen-bond donors (Lipinski definition) is 1. The predicted octanol–water partition coefficient (Wildman–Crippen LogP) is 3.04. The summed E-state index contributed by atoms with van der Waals surface area (Å²) in [5.74, 6) is 0. The van der Waals surface area contributed by atoms with Crippen molar-refractivity contribution >= 4 is 22.0 Å². The number of hydrogen-bond acceptors (Lipinski definition) is 4. The van der Waals surface area contributed by atoms with Crippen LogP contribution in [0.25, 0.3) is 0 Å². The largest absolute Gasteiger partial charge is 0.303 e. The molecule has 0 amide bonds. The van der Waals surface area contributed by atoms with Gasteiger partial charge in [0.2, 0.25) is 0 Å².